The summed E-state index contributed by atoms with van der Waals surface area (Å²) in [6.45, 7) is 9.24. The van der Waals surface area contributed by atoms with Gasteiger partial charge in [-0.3, -0.25) is 19.4 Å². The Labute approximate surface area is 335 Å². The van der Waals surface area contributed by atoms with Crippen molar-refractivity contribution in [2.75, 3.05) is 78.8 Å². The Kier molecular flexibility index (Phi) is 10.9. The highest BCUT2D eigenvalue weighted by atomic mass is 19.1. The van der Waals surface area contributed by atoms with Crippen molar-refractivity contribution in [2.24, 2.45) is 0 Å². The van der Waals surface area contributed by atoms with Crippen LogP contribution >= 0.6 is 0 Å². The van der Waals surface area contributed by atoms with Crippen LogP contribution < -0.4 is 0 Å². The third-order valence-corrected chi connectivity index (χ3v) is 11.4. The third kappa shape index (κ3) is 8.19. The number of rotatable bonds is 8. The normalized spacial score (nSPS) is 16.9. The van der Waals surface area contributed by atoms with Crippen LogP contribution in [0.5, 0.6) is 0 Å². The zero-order valence-corrected chi connectivity index (χ0v) is 32.2. The highest BCUT2D eigenvalue weighted by Crippen LogP contribution is 2.30. The lowest BCUT2D eigenvalue weighted by molar-refractivity contribution is 0.0341. The number of carbonyl (C=O) groups excluding carboxylic acids is 2. The molecule has 58 heavy (non-hydrogen) atoms. The summed E-state index contributed by atoms with van der Waals surface area (Å²) in [5.41, 5.74) is 7.04. The second-order valence-electron chi connectivity index (χ2n) is 15.2. The molecule has 0 unspecified atom stereocenters. The molecular weight excluding hydrogens is 739 g/mol. The van der Waals surface area contributed by atoms with Crippen molar-refractivity contribution in [1.29, 1.82) is 0 Å². The zero-order valence-electron chi connectivity index (χ0n) is 32.2. The molecule has 6 aromatic rings. The number of hydrogen-bond donors (Lipinski definition) is 0. The lowest BCUT2D eigenvalue weighted by Gasteiger charge is -2.35. The van der Waals surface area contributed by atoms with Gasteiger partial charge >= 0.3 is 0 Å². The molecular formula is C46H44F2N6O4. The van der Waals surface area contributed by atoms with E-state index < -0.39 is 11.6 Å². The Hall–Kier alpha value is -5.66. The number of fused-ring (bicyclic) bond motifs is 2. The second-order valence-corrected chi connectivity index (χ2v) is 15.2. The van der Waals surface area contributed by atoms with Gasteiger partial charge in [0.2, 0.25) is 0 Å². The summed E-state index contributed by atoms with van der Waals surface area (Å²) in [4.78, 5) is 46.3. The standard InChI is InChI=1S/C46H44F2N6O4/c47-35-9-11-41-37(25-35)39(27-43(49-41)33-5-1-31(2-6-33)29-51-17-21-57-22-18-51)45(55)53-13-15-54(16-14-53)46(56)40-28-44(50-42-12-10-36(48)26-38(40)42)34-7-3-32(4-8-34)30-52-19-23-58-24-20-52/h1-12,25-28H,13-24,29-30H2. The van der Waals surface area contributed by atoms with E-state index in [0.717, 1.165) is 76.8 Å². The molecule has 3 aliphatic rings. The van der Waals surface area contributed by atoms with E-state index in [1.54, 1.807) is 34.1 Å². The van der Waals surface area contributed by atoms with E-state index in [-0.39, 0.29) is 38.0 Å². The molecule has 0 atom stereocenters. The van der Waals surface area contributed by atoms with Crippen molar-refractivity contribution < 1.29 is 27.8 Å². The number of ether oxygens (including phenoxy) is 2. The maximum absolute atomic E-state index is 14.6. The van der Waals surface area contributed by atoms with Crippen LogP contribution in [0, 0.1) is 11.6 Å². The van der Waals surface area contributed by atoms with E-state index >= 15 is 0 Å². The number of piperazine rings is 1. The summed E-state index contributed by atoms with van der Waals surface area (Å²) < 4.78 is 40.2. The fourth-order valence-corrected chi connectivity index (χ4v) is 8.10. The summed E-state index contributed by atoms with van der Waals surface area (Å²) in [5.74, 6) is -1.43. The lowest BCUT2D eigenvalue weighted by Crippen LogP contribution is -2.50. The van der Waals surface area contributed by atoms with E-state index in [0.29, 0.717) is 44.3 Å². The monoisotopic (exact) mass is 782 g/mol. The summed E-state index contributed by atoms with van der Waals surface area (Å²) >= 11 is 0. The predicted octanol–water partition coefficient (Wildman–Crippen LogP) is 6.66. The maximum Gasteiger partial charge on any atom is 0.254 e. The molecule has 4 aromatic carbocycles. The van der Waals surface area contributed by atoms with Crippen molar-refractivity contribution in [1.82, 2.24) is 29.6 Å². The molecule has 3 aliphatic heterocycles. The quantitative estimate of drug-likeness (QED) is 0.170. The molecule has 3 saturated heterocycles. The number of hydrogen-bond acceptors (Lipinski definition) is 8. The van der Waals surface area contributed by atoms with Gasteiger partial charge in [-0.1, -0.05) is 48.5 Å². The summed E-state index contributed by atoms with van der Waals surface area (Å²) in [7, 11) is 0. The van der Waals surface area contributed by atoms with Gasteiger partial charge in [0.1, 0.15) is 11.6 Å². The topological polar surface area (TPSA) is 91.3 Å². The minimum absolute atomic E-state index is 0.258. The van der Waals surface area contributed by atoms with Gasteiger partial charge < -0.3 is 19.3 Å². The van der Waals surface area contributed by atoms with E-state index in [9.17, 15) is 18.4 Å². The van der Waals surface area contributed by atoms with Crippen molar-refractivity contribution in [3.63, 3.8) is 0 Å². The SMILES string of the molecule is O=C(c1cc(-c2ccc(CN3CCOCC3)cc2)nc2ccc(F)cc12)N1CCN(C(=O)c2cc(-c3ccc(CN4CCOCC4)cc3)nc3ccc(F)cc23)CC1. The van der Waals surface area contributed by atoms with Crippen molar-refractivity contribution in [3.8, 4) is 22.5 Å². The molecule has 2 aromatic heterocycles. The van der Waals surface area contributed by atoms with Crippen molar-refractivity contribution in [2.45, 2.75) is 13.1 Å². The number of carbonyl (C=O) groups is 2. The number of halogens is 2. The molecule has 12 heteroatoms. The van der Waals surface area contributed by atoms with Gasteiger partial charge in [-0.15, -0.1) is 0 Å². The average molecular weight is 783 g/mol. The van der Waals surface area contributed by atoms with Gasteiger partial charge in [-0.25, -0.2) is 18.7 Å². The first kappa shape index (κ1) is 37.9. The molecule has 0 spiro atoms. The number of pyridine rings is 2. The van der Waals surface area contributed by atoms with Gasteiger partial charge in [0.25, 0.3) is 11.8 Å². The fraction of sp³-hybridized carbons (Fsp3) is 0.304. The van der Waals surface area contributed by atoms with Gasteiger partial charge in [-0.2, -0.15) is 0 Å². The number of nitrogens with zero attached hydrogens (tertiary/aromatic N) is 6. The van der Waals surface area contributed by atoms with Gasteiger partial charge in [0, 0.05) is 87.3 Å². The van der Waals surface area contributed by atoms with E-state index in [1.807, 2.05) is 24.3 Å². The highest BCUT2D eigenvalue weighted by molar-refractivity contribution is 6.09. The first-order chi connectivity index (χ1) is 28.3. The van der Waals surface area contributed by atoms with E-state index in [1.165, 1.54) is 35.4 Å². The van der Waals surface area contributed by atoms with Crippen LogP contribution in [-0.2, 0) is 22.6 Å². The molecule has 0 N–H and O–H groups in total. The minimum Gasteiger partial charge on any atom is -0.379 e. The number of morpholine rings is 2. The molecule has 5 heterocycles. The first-order valence-electron chi connectivity index (χ1n) is 19.9. The minimum atomic E-state index is -0.455. The average Bonchev–Trinajstić information content (AvgIpc) is 3.26. The van der Waals surface area contributed by atoms with Crippen molar-refractivity contribution >= 4 is 33.6 Å². The molecule has 0 radical (unpaired) electrons. The van der Waals surface area contributed by atoms with Crippen LogP contribution in [0.4, 0.5) is 8.78 Å². The first-order valence-corrected chi connectivity index (χ1v) is 19.9. The summed E-state index contributed by atoms with van der Waals surface area (Å²) in [6.07, 6.45) is 0. The van der Waals surface area contributed by atoms with Gasteiger partial charge in [-0.05, 0) is 59.7 Å². The number of aromatic nitrogens is 2. The van der Waals surface area contributed by atoms with Crippen LogP contribution in [0.25, 0.3) is 44.3 Å². The second kappa shape index (κ2) is 16.7. The zero-order chi connectivity index (χ0) is 39.6. The molecule has 9 rings (SSSR count). The smallest absolute Gasteiger partial charge is 0.254 e. The third-order valence-electron chi connectivity index (χ3n) is 11.4. The highest BCUT2D eigenvalue weighted by Gasteiger charge is 2.29. The maximum atomic E-state index is 14.6. The summed E-state index contributed by atoms with van der Waals surface area (Å²) in [6, 6.07) is 28.4. The van der Waals surface area contributed by atoms with Gasteiger partial charge in [0.05, 0.1) is 60.0 Å². The molecule has 0 aliphatic carbocycles. The lowest BCUT2D eigenvalue weighted by atomic mass is 10.0. The molecule has 0 bridgehead atoms. The Morgan fingerprint density at radius 1 is 0.500 bits per heavy atom. The number of amides is 2. The van der Waals surface area contributed by atoms with E-state index in [4.69, 9.17) is 19.4 Å². The molecule has 2 amide bonds. The van der Waals surface area contributed by atoms with Crippen molar-refractivity contribution in [3.05, 3.63) is 131 Å². The molecule has 296 valence electrons. The van der Waals surface area contributed by atoms with Crippen LogP contribution in [-0.4, -0.2) is 120 Å². The van der Waals surface area contributed by atoms with Crippen LogP contribution in [0.3, 0.4) is 0 Å². The van der Waals surface area contributed by atoms with Crippen LogP contribution in [0.1, 0.15) is 31.8 Å². The Bertz CT molecular complexity index is 2290. The largest absolute Gasteiger partial charge is 0.379 e. The van der Waals surface area contributed by atoms with Crippen LogP contribution in [0.15, 0.2) is 97.1 Å². The van der Waals surface area contributed by atoms with Crippen LogP contribution in [0.2, 0.25) is 0 Å². The van der Waals surface area contributed by atoms with Gasteiger partial charge in [0.15, 0.2) is 0 Å². The molecule has 3 fully saturated rings. The Balaban J connectivity index is 0.932. The predicted molar refractivity (Wildman–Crippen MR) is 218 cm³/mol. The van der Waals surface area contributed by atoms with E-state index in [2.05, 4.69) is 34.1 Å². The Morgan fingerprint density at radius 3 is 1.26 bits per heavy atom. The molecule has 0 saturated carbocycles. The summed E-state index contributed by atoms with van der Waals surface area (Å²) in [5, 5.41) is 0.867. The Morgan fingerprint density at radius 2 is 0.879 bits per heavy atom. The fourth-order valence-electron chi connectivity index (χ4n) is 8.10. The molecule has 10 nitrogen and oxygen atoms in total. The number of benzene rings is 4.